The van der Waals surface area contributed by atoms with E-state index in [1.807, 2.05) is 30.3 Å². The predicted molar refractivity (Wildman–Crippen MR) is 141 cm³/mol. The molecule has 2 saturated heterocycles. The number of hydrogen-bond donors (Lipinski definition) is 4. The summed E-state index contributed by atoms with van der Waals surface area (Å²) in [4.78, 5) is 55.1. The van der Waals surface area contributed by atoms with Crippen molar-refractivity contribution in [3.8, 4) is 5.75 Å². The fourth-order valence-corrected chi connectivity index (χ4v) is 5.33. The fourth-order valence-electron chi connectivity index (χ4n) is 5.33. The van der Waals surface area contributed by atoms with Crippen LogP contribution in [0.3, 0.4) is 0 Å². The highest BCUT2D eigenvalue weighted by atomic mass is 16.3. The highest BCUT2D eigenvalue weighted by Crippen LogP contribution is 2.22. The molecule has 2 aromatic carbocycles. The Labute approximate surface area is 222 Å². The lowest BCUT2D eigenvalue weighted by Gasteiger charge is -2.31. The molecule has 4 atom stereocenters. The molecule has 10 heteroatoms. The summed E-state index contributed by atoms with van der Waals surface area (Å²) in [6, 6.07) is 12.6. The van der Waals surface area contributed by atoms with E-state index in [0.29, 0.717) is 38.8 Å². The molecule has 4 amide bonds. The molecule has 2 aromatic rings. The molecule has 2 fully saturated rings. The Hall–Kier alpha value is -3.92. The van der Waals surface area contributed by atoms with Crippen molar-refractivity contribution in [3.05, 3.63) is 65.7 Å². The van der Waals surface area contributed by atoms with Gasteiger partial charge < -0.3 is 31.7 Å². The van der Waals surface area contributed by atoms with Crippen LogP contribution in [-0.4, -0.2) is 75.8 Å². The molecule has 0 bridgehead atoms. The number of aromatic hydroxyl groups is 1. The Bertz CT molecular complexity index is 1160. The third-order valence-corrected chi connectivity index (χ3v) is 7.31. The quantitative estimate of drug-likeness (QED) is 0.375. The van der Waals surface area contributed by atoms with Crippen LogP contribution in [0.25, 0.3) is 0 Å². The molecular weight excluding hydrogens is 486 g/mol. The minimum absolute atomic E-state index is 0.126. The van der Waals surface area contributed by atoms with E-state index >= 15 is 0 Å². The molecule has 202 valence electrons. The summed E-state index contributed by atoms with van der Waals surface area (Å²) in [5, 5.41) is 12.4. The van der Waals surface area contributed by atoms with Crippen LogP contribution >= 0.6 is 0 Å². The number of rotatable bonds is 9. The molecular formula is C28H35N5O5. The van der Waals surface area contributed by atoms with Crippen LogP contribution in [0.15, 0.2) is 54.6 Å². The first kappa shape index (κ1) is 27.1. The summed E-state index contributed by atoms with van der Waals surface area (Å²) >= 11 is 0. The summed E-state index contributed by atoms with van der Waals surface area (Å²) in [6.45, 7) is 0.793. The van der Waals surface area contributed by atoms with Gasteiger partial charge in [0.05, 0.1) is 6.04 Å². The van der Waals surface area contributed by atoms with Crippen LogP contribution in [0.1, 0.15) is 36.8 Å². The first-order valence-corrected chi connectivity index (χ1v) is 13.0. The smallest absolute Gasteiger partial charge is 0.246 e. The van der Waals surface area contributed by atoms with E-state index in [-0.39, 0.29) is 30.4 Å². The van der Waals surface area contributed by atoms with Crippen molar-refractivity contribution in [2.45, 2.75) is 62.7 Å². The second-order valence-corrected chi connectivity index (χ2v) is 10.0. The third-order valence-electron chi connectivity index (χ3n) is 7.31. The molecule has 38 heavy (non-hydrogen) atoms. The van der Waals surface area contributed by atoms with Gasteiger partial charge in [-0.3, -0.25) is 19.2 Å². The molecule has 2 unspecified atom stereocenters. The van der Waals surface area contributed by atoms with Crippen molar-refractivity contribution >= 4 is 23.6 Å². The third kappa shape index (κ3) is 6.31. The van der Waals surface area contributed by atoms with Gasteiger partial charge in [0.2, 0.25) is 23.6 Å². The summed E-state index contributed by atoms with van der Waals surface area (Å²) in [7, 11) is 0. The maximum Gasteiger partial charge on any atom is 0.246 e. The van der Waals surface area contributed by atoms with Gasteiger partial charge in [0.1, 0.15) is 23.9 Å². The van der Waals surface area contributed by atoms with Crippen LogP contribution < -0.4 is 16.8 Å². The Morgan fingerprint density at radius 2 is 1.42 bits per heavy atom. The van der Waals surface area contributed by atoms with Gasteiger partial charge in [0, 0.05) is 19.5 Å². The Balaban J connectivity index is 1.47. The molecule has 6 N–H and O–H groups in total. The van der Waals surface area contributed by atoms with Gasteiger partial charge in [-0.05, 0) is 55.4 Å². The second kappa shape index (κ2) is 12.1. The fraction of sp³-hybridized carbons (Fsp3) is 0.429. The van der Waals surface area contributed by atoms with E-state index in [2.05, 4.69) is 5.32 Å². The topological polar surface area (TPSA) is 159 Å². The van der Waals surface area contributed by atoms with E-state index < -0.39 is 36.0 Å². The highest BCUT2D eigenvalue weighted by molar-refractivity contribution is 5.95. The van der Waals surface area contributed by atoms with Crippen molar-refractivity contribution in [1.29, 1.82) is 0 Å². The van der Waals surface area contributed by atoms with Gasteiger partial charge in [-0.1, -0.05) is 42.5 Å². The largest absolute Gasteiger partial charge is 0.508 e. The van der Waals surface area contributed by atoms with Gasteiger partial charge in [-0.2, -0.15) is 0 Å². The van der Waals surface area contributed by atoms with E-state index in [4.69, 9.17) is 11.5 Å². The number of carbonyl (C=O) groups excluding carboxylic acids is 4. The normalized spacial score (nSPS) is 20.7. The number of benzene rings is 2. The monoisotopic (exact) mass is 521 g/mol. The number of nitrogens with two attached hydrogens (primary N) is 2. The Morgan fingerprint density at radius 3 is 2.05 bits per heavy atom. The number of nitrogens with one attached hydrogen (secondary N) is 1. The van der Waals surface area contributed by atoms with Crippen molar-refractivity contribution in [2.75, 3.05) is 13.1 Å². The lowest BCUT2D eigenvalue weighted by molar-refractivity contribution is -0.143. The first-order chi connectivity index (χ1) is 18.2. The number of likely N-dealkylation sites (tertiary alicyclic amines) is 2. The van der Waals surface area contributed by atoms with E-state index in [1.165, 1.54) is 21.9 Å². The minimum atomic E-state index is -0.909. The van der Waals surface area contributed by atoms with Crippen LogP contribution in [0, 0.1) is 0 Å². The molecule has 0 spiro atoms. The lowest BCUT2D eigenvalue weighted by Crippen LogP contribution is -2.57. The minimum Gasteiger partial charge on any atom is -0.508 e. The van der Waals surface area contributed by atoms with Crippen LogP contribution in [0.2, 0.25) is 0 Å². The molecule has 0 aliphatic carbocycles. The zero-order valence-electron chi connectivity index (χ0n) is 21.3. The number of primary amides is 1. The zero-order chi connectivity index (χ0) is 27.2. The lowest BCUT2D eigenvalue weighted by atomic mass is 10.0. The molecule has 2 aliphatic heterocycles. The maximum atomic E-state index is 13.6. The van der Waals surface area contributed by atoms with Crippen LogP contribution in [-0.2, 0) is 32.0 Å². The van der Waals surface area contributed by atoms with Gasteiger partial charge >= 0.3 is 0 Å². The molecule has 10 nitrogen and oxygen atoms in total. The highest BCUT2D eigenvalue weighted by Gasteiger charge is 2.40. The van der Waals surface area contributed by atoms with E-state index in [1.54, 1.807) is 12.1 Å². The van der Waals surface area contributed by atoms with Gasteiger partial charge in [0.25, 0.3) is 0 Å². The van der Waals surface area contributed by atoms with Gasteiger partial charge in [-0.15, -0.1) is 0 Å². The summed E-state index contributed by atoms with van der Waals surface area (Å²) in [5.74, 6) is -1.55. The number of amides is 4. The average Bonchev–Trinajstić information content (AvgIpc) is 3.60. The Morgan fingerprint density at radius 1 is 0.842 bits per heavy atom. The van der Waals surface area contributed by atoms with Crippen molar-refractivity contribution in [3.63, 3.8) is 0 Å². The molecule has 0 radical (unpaired) electrons. The number of hydrogen-bond acceptors (Lipinski definition) is 6. The van der Waals surface area contributed by atoms with Gasteiger partial charge in [-0.25, -0.2) is 0 Å². The van der Waals surface area contributed by atoms with Crippen LogP contribution in [0.4, 0.5) is 0 Å². The summed E-state index contributed by atoms with van der Waals surface area (Å²) in [5.41, 5.74) is 13.4. The predicted octanol–water partition coefficient (Wildman–Crippen LogP) is 0.457. The number of phenols is 1. The van der Waals surface area contributed by atoms with E-state index in [9.17, 15) is 24.3 Å². The molecule has 4 rings (SSSR count). The Kier molecular flexibility index (Phi) is 8.62. The number of carbonyl (C=O) groups is 4. The van der Waals surface area contributed by atoms with Gasteiger partial charge in [0.15, 0.2) is 0 Å². The summed E-state index contributed by atoms with van der Waals surface area (Å²) < 4.78 is 0. The van der Waals surface area contributed by atoms with Crippen molar-refractivity contribution in [1.82, 2.24) is 15.1 Å². The van der Waals surface area contributed by atoms with E-state index in [0.717, 1.165) is 11.1 Å². The molecule has 2 heterocycles. The second-order valence-electron chi connectivity index (χ2n) is 10.0. The standard InChI is InChI=1S/C28H35N5O5/c29-21(16-19-10-12-20(34)13-11-19)27(37)33-15-5-9-24(33)26(36)31-22(17-18-6-2-1-3-7-18)28(38)32-14-4-8-23(32)25(30)35/h1-3,6-7,10-13,21-24,34H,4-5,8-9,14-17,29H2,(H2,30,35)(H,31,36)/t21?,22-,23-,24?/m1/s1. The zero-order valence-corrected chi connectivity index (χ0v) is 21.3. The average molecular weight is 522 g/mol. The maximum absolute atomic E-state index is 13.6. The molecule has 0 saturated carbocycles. The van der Waals surface area contributed by atoms with Crippen molar-refractivity contribution in [2.24, 2.45) is 11.5 Å². The molecule has 0 aromatic heterocycles. The first-order valence-electron chi connectivity index (χ1n) is 13.0. The SMILES string of the molecule is NC(=O)[C@H]1CCCN1C(=O)[C@@H](Cc1ccccc1)NC(=O)C1CCCN1C(=O)C(N)Cc1ccc(O)cc1. The molecule has 2 aliphatic rings. The number of phenolic OH excluding ortho intramolecular Hbond substituents is 1. The van der Waals surface area contributed by atoms with Crippen molar-refractivity contribution < 1.29 is 24.3 Å². The van der Waals surface area contributed by atoms with Crippen LogP contribution in [0.5, 0.6) is 5.75 Å². The summed E-state index contributed by atoms with van der Waals surface area (Å²) in [6.07, 6.45) is 2.77. The number of nitrogens with zero attached hydrogens (tertiary/aromatic N) is 2.